The molecule has 2 aliphatic heterocycles. The maximum Gasteiger partial charge on any atom is 0.233 e. The number of rotatable bonds is 3. The molecule has 1 N–H and O–H groups in total. The largest absolute Gasteiger partial charge is 0.381 e. The highest BCUT2D eigenvalue weighted by Gasteiger charge is 2.32. The van der Waals surface area contributed by atoms with Gasteiger partial charge >= 0.3 is 0 Å². The van der Waals surface area contributed by atoms with E-state index in [0.717, 1.165) is 24.7 Å². The molecule has 2 saturated heterocycles. The Labute approximate surface area is 117 Å². The van der Waals surface area contributed by atoms with E-state index in [-0.39, 0.29) is 5.92 Å². The standard InChI is InChI=1S/C13H21N3O2S/c1-14-10-5-6-17-8-9(10)13-15-12(16-18-13)11-4-2-3-7-19-11/h9-11,14H,2-8H2,1H3. The zero-order valence-electron chi connectivity index (χ0n) is 11.3. The number of hydrogen-bond donors (Lipinski definition) is 1. The van der Waals surface area contributed by atoms with Crippen molar-refractivity contribution in [3.8, 4) is 0 Å². The van der Waals surface area contributed by atoms with Crippen molar-refractivity contribution >= 4 is 11.8 Å². The summed E-state index contributed by atoms with van der Waals surface area (Å²) in [6.45, 7) is 1.48. The smallest absolute Gasteiger partial charge is 0.233 e. The number of ether oxygens (including phenoxy) is 1. The van der Waals surface area contributed by atoms with Gasteiger partial charge in [0.2, 0.25) is 5.89 Å². The molecule has 6 heteroatoms. The van der Waals surface area contributed by atoms with Crippen molar-refractivity contribution in [3.05, 3.63) is 11.7 Å². The lowest BCUT2D eigenvalue weighted by atomic mass is 9.96. The molecule has 0 aromatic carbocycles. The van der Waals surface area contributed by atoms with Gasteiger partial charge in [-0.15, -0.1) is 0 Å². The van der Waals surface area contributed by atoms with Gasteiger partial charge in [0.25, 0.3) is 0 Å². The van der Waals surface area contributed by atoms with Gasteiger partial charge in [-0.05, 0) is 32.1 Å². The van der Waals surface area contributed by atoms with E-state index in [0.29, 0.717) is 17.9 Å². The Balaban J connectivity index is 1.72. The SMILES string of the molecule is CNC1CCOCC1c1nc(C2CCCCS2)no1. The molecule has 5 nitrogen and oxygen atoms in total. The first-order valence-electron chi connectivity index (χ1n) is 7.08. The second-order valence-electron chi connectivity index (χ2n) is 5.21. The zero-order chi connectivity index (χ0) is 13.1. The Morgan fingerprint density at radius 2 is 2.26 bits per heavy atom. The number of nitrogens with zero attached hydrogens (tertiary/aromatic N) is 2. The van der Waals surface area contributed by atoms with Crippen LogP contribution in [-0.4, -0.2) is 42.2 Å². The Hall–Kier alpha value is -0.590. The Kier molecular flexibility index (Phi) is 4.40. The molecule has 0 radical (unpaired) electrons. The summed E-state index contributed by atoms with van der Waals surface area (Å²) >= 11 is 1.95. The predicted molar refractivity (Wildman–Crippen MR) is 74.4 cm³/mol. The van der Waals surface area contributed by atoms with E-state index < -0.39 is 0 Å². The summed E-state index contributed by atoms with van der Waals surface area (Å²) in [6.07, 6.45) is 4.74. The third kappa shape index (κ3) is 2.95. The van der Waals surface area contributed by atoms with Crippen molar-refractivity contribution < 1.29 is 9.26 Å². The maximum absolute atomic E-state index is 5.55. The normalized spacial score (nSPS) is 32.4. The van der Waals surface area contributed by atoms with Crippen LogP contribution < -0.4 is 5.32 Å². The molecule has 1 aromatic heterocycles. The molecule has 3 atom stereocenters. The van der Waals surface area contributed by atoms with Gasteiger partial charge in [0, 0.05) is 12.6 Å². The molecule has 0 amide bonds. The first kappa shape index (κ1) is 13.4. The van der Waals surface area contributed by atoms with Gasteiger partial charge in [-0.3, -0.25) is 0 Å². The van der Waals surface area contributed by atoms with Crippen molar-refractivity contribution in [1.82, 2.24) is 15.5 Å². The molecule has 0 bridgehead atoms. The average Bonchev–Trinajstić information content (AvgIpc) is 2.98. The first-order chi connectivity index (χ1) is 9.38. The number of aromatic nitrogens is 2. The summed E-state index contributed by atoms with van der Waals surface area (Å²) in [5, 5.41) is 7.94. The van der Waals surface area contributed by atoms with E-state index in [1.54, 1.807) is 0 Å². The third-order valence-corrected chi connectivity index (χ3v) is 5.34. The van der Waals surface area contributed by atoms with Crippen LogP contribution in [0.5, 0.6) is 0 Å². The van der Waals surface area contributed by atoms with Crippen molar-refractivity contribution in [3.63, 3.8) is 0 Å². The second-order valence-corrected chi connectivity index (χ2v) is 6.52. The van der Waals surface area contributed by atoms with E-state index in [4.69, 9.17) is 9.26 Å². The van der Waals surface area contributed by atoms with Gasteiger partial charge in [-0.2, -0.15) is 16.7 Å². The summed E-state index contributed by atoms with van der Waals surface area (Å²) in [4.78, 5) is 4.64. The molecule has 3 rings (SSSR count). The van der Waals surface area contributed by atoms with Gasteiger partial charge < -0.3 is 14.6 Å². The highest BCUT2D eigenvalue weighted by molar-refractivity contribution is 7.99. The molecule has 3 unspecified atom stereocenters. The zero-order valence-corrected chi connectivity index (χ0v) is 12.1. The molecule has 1 aromatic rings. The van der Waals surface area contributed by atoms with Crippen molar-refractivity contribution in [2.75, 3.05) is 26.0 Å². The van der Waals surface area contributed by atoms with Crippen LogP contribution in [0.3, 0.4) is 0 Å². The van der Waals surface area contributed by atoms with E-state index in [1.807, 2.05) is 18.8 Å². The Morgan fingerprint density at radius 1 is 1.32 bits per heavy atom. The lowest BCUT2D eigenvalue weighted by molar-refractivity contribution is 0.0516. The third-order valence-electron chi connectivity index (χ3n) is 3.97. The minimum Gasteiger partial charge on any atom is -0.381 e. The lowest BCUT2D eigenvalue weighted by Crippen LogP contribution is -2.39. The van der Waals surface area contributed by atoms with Gasteiger partial charge in [0.1, 0.15) is 0 Å². The molecule has 106 valence electrons. The summed E-state index contributed by atoms with van der Waals surface area (Å²) in [7, 11) is 1.98. The molecular formula is C13H21N3O2S. The Morgan fingerprint density at radius 3 is 3.05 bits per heavy atom. The van der Waals surface area contributed by atoms with Crippen LogP contribution >= 0.6 is 11.8 Å². The monoisotopic (exact) mass is 283 g/mol. The van der Waals surface area contributed by atoms with Gasteiger partial charge in [-0.1, -0.05) is 11.6 Å². The number of thioether (sulfide) groups is 1. The predicted octanol–water partition coefficient (Wildman–Crippen LogP) is 2.12. The van der Waals surface area contributed by atoms with Crippen LogP contribution in [0.1, 0.15) is 48.6 Å². The minimum absolute atomic E-state index is 0.189. The summed E-state index contributed by atoms with van der Waals surface area (Å²) in [6, 6.07) is 0.376. The van der Waals surface area contributed by atoms with Crippen LogP contribution in [0.25, 0.3) is 0 Å². The molecule has 2 fully saturated rings. The number of likely N-dealkylation sites (N-methyl/N-ethyl adjacent to an activating group) is 1. The van der Waals surface area contributed by atoms with Gasteiger partial charge in [0.15, 0.2) is 5.82 Å². The van der Waals surface area contributed by atoms with Crippen molar-refractivity contribution in [1.29, 1.82) is 0 Å². The van der Waals surface area contributed by atoms with E-state index >= 15 is 0 Å². The molecule has 0 aliphatic carbocycles. The molecule has 0 spiro atoms. The second kappa shape index (κ2) is 6.24. The van der Waals surface area contributed by atoms with Crippen molar-refractivity contribution in [2.24, 2.45) is 0 Å². The lowest BCUT2D eigenvalue weighted by Gasteiger charge is -2.28. The topological polar surface area (TPSA) is 60.2 Å². The average molecular weight is 283 g/mol. The van der Waals surface area contributed by atoms with Crippen LogP contribution in [-0.2, 0) is 4.74 Å². The fourth-order valence-corrected chi connectivity index (χ4v) is 4.03. The van der Waals surface area contributed by atoms with Gasteiger partial charge in [0.05, 0.1) is 17.8 Å². The summed E-state index contributed by atoms with van der Waals surface area (Å²) < 4.78 is 11.0. The molecule has 19 heavy (non-hydrogen) atoms. The van der Waals surface area contributed by atoms with E-state index in [1.165, 1.54) is 25.0 Å². The molecule has 0 saturated carbocycles. The number of hydrogen-bond acceptors (Lipinski definition) is 6. The van der Waals surface area contributed by atoms with Crippen LogP contribution in [0, 0.1) is 0 Å². The van der Waals surface area contributed by atoms with Crippen LogP contribution in [0.2, 0.25) is 0 Å². The number of nitrogens with one attached hydrogen (secondary N) is 1. The maximum atomic E-state index is 5.55. The van der Waals surface area contributed by atoms with Crippen LogP contribution in [0.15, 0.2) is 4.52 Å². The highest BCUT2D eigenvalue weighted by Crippen LogP contribution is 2.37. The van der Waals surface area contributed by atoms with Crippen molar-refractivity contribution in [2.45, 2.75) is 42.9 Å². The Bertz CT molecular complexity index is 406. The fourth-order valence-electron chi connectivity index (χ4n) is 2.80. The van der Waals surface area contributed by atoms with Crippen LogP contribution in [0.4, 0.5) is 0 Å². The molecular weight excluding hydrogens is 262 g/mol. The molecule has 3 heterocycles. The van der Waals surface area contributed by atoms with E-state index in [9.17, 15) is 0 Å². The summed E-state index contributed by atoms with van der Waals surface area (Å²) in [5.74, 6) is 3.01. The van der Waals surface area contributed by atoms with Gasteiger partial charge in [-0.25, -0.2) is 0 Å². The summed E-state index contributed by atoms with van der Waals surface area (Å²) in [5.41, 5.74) is 0. The quantitative estimate of drug-likeness (QED) is 0.917. The minimum atomic E-state index is 0.189. The first-order valence-corrected chi connectivity index (χ1v) is 8.13. The highest BCUT2D eigenvalue weighted by atomic mass is 32.2. The molecule has 2 aliphatic rings. The van der Waals surface area contributed by atoms with E-state index in [2.05, 4.69) is 15.5 Å². The fraction of sp³-hybridized carbons (Fsp3) is 0.846.